The molecule has 0 aliphatic rings. The maximum atomic E-state index is 12.0. The van der Waals surface area contributed by atoms with Gasteiger partial charge in [0.2, 0.25) is 5.91 Å². The summed E-state index contributed by atoms with van der Waals surface area (Å²) >= 11 is 0. The molecule has 2 aromatic rings. The van der Waals surface area contributed by atoms with E-state index in [9.17, 15) is 9.00 Å². The molecule has 2 aromatic carbocycles. The molecule has 0 aliphatic heterocycles. The minimum absolute atomic E-state index is 0.179. The van der Waals surface area contributed by atoms with Crippen molar-refractivity contribution in [2.24, 2.45) is 0 Å². The van der Waals surface area contributed by atoms with Crippen LogP contribution in [0.5, 0.6) is 0 Å². The smallest absolute Gasteiger partial charge is 0.248 e. The van der Waals surface area contributed by atoms with Gasteiger partial charge in [-0.25, -0.2) is 0 Å². The van der Waals surface area contributed by atoms with Crippen molar-refractivity contribution in [3.8, 4) is 0 Å². The number of carbonyl (C=O) groups is 1. The number of anilines is 1. The summed E-state index contributed by atoms with van der Waals surface area (Å²) in [6.45, 7) is 1.93. The summed E-state index contributed by atoms with van der Waals surface area (Å²) in [5.74, 6) is 0.316. The van der Waals surface area contributed by atoms with Crippen LogP contribution in [0.15, 0.2) is 54.6 Å². The zero-order valence-corrected chi connectivity index (χ0v) is 13.5. The molecule has 0 saturated heterocycles. The molecular weight excluding hydrogens is 294 g/mol. The van der Waals surface area contributed by atoms with Crippen molar-refractivity contribution in [2.75, 3.05) is 11.6 Å². The highest BCUT2D eigenvalue weighted by atomic mass is 32.2. The van der Waals surface area contributed by atoms with Crippen LogP contribution in [-0.4, -0.2) is 16.4 Å². The fraction of sp³-hybridized carbons (Fsp3) is 0.167. The first-order valence-corrected chi connectivity index (χ1v) is 8.71. The Morgan fingerprint density at radius 1 is 1.14 bits per heavy atom. The highest BCUT2D eigenvalue weighted by Gasteiger charge is 2.07. The molecule has 1 amide bonds. The van der Waals surface area contributed by atoms with Crippen molar-refractivity contribution in [3.05, 3.63) is 71.3 Å². The molecule has 1 N–H and O–H groups in total. The number of hydrogen-bond acceptors (Lipinski definition) is 2. The zero-order chi connectivity index (χ0) is 15.9. The summed E-state index contributed by atoms with van der Waals surface area (Å²) in [4.78, 5) is 12.0. The Kier molecular flexibility index (Phi) is 5.67. The molecule has 114 valence electrons. The van der Waals surface area contributed by atoms with Crippen molar-refractivity contribution in [3.63, 3.8) is 0 Å². The molecule has 0 heterocycles. The van der Waals surface area contributed by atoms with Gasteiger partial charge < -0.3 is 5.32 Å². The summed E-state index contributed by atoms with van der Waals surface area (Å²) < 4.78 is 11.4. The van der Waals surface area contributed by atoms with Crippen LogP contribution >= 0.6 is 0 Å². The van der Waals surface area contributed by atoms with Gasteiger partial charge in [-0.3, -0.25) is 9.00 Å². The molecule has 1 atom stereocenters. The normalized spacial score (nSPS) is 12.3. The average Bonchev–Trinajstić information content (AvgIpc) is 2.50. The van der Waals surface area contributed by atoms with Crippen LogP contribution in [-0.2, 0) is 21.3 Å². The maximum Gasteiger partial charge on any atom is 0.248 e. The van der Waals surface area contributed by atoms with E-state index in [2.05, 4.69) is 5.32 Å². The van der Waals surface area contributed by atoms with E-state index >= 15 is 0 Å². The van der Waals surface area contributed by atoms with Gasteiger partial charge in [0.15, 0.2) is 0 Å². The Bertz CT molecular complexity index is 708. The zero-order valence-electron chi connectivity index (χ0n) is 12.7. The van der Waals surface area contributed by atoms with Crippen molar-refractivity contribution < 1.29 is 9.00 Å². The molecule has 0 bridgehead atoms. The van der Waals surface area contributed by atoms with Gasteiger partial charge in [-0.2, -0.15) is 0 Å². The molecule has 0 fully saturated rings. The van der Waals surface area contributed by atoms with Crippen LogP contribution < -0.4 is 5.32 Å². The summed E-state index contributed by atoms with van der Waals surface area (Å²) in [7, 11) is -0.903. The van der Waals surface area contributed by atoms with E-state index in [1.807, 2.05) is 55.5 Å². The standard InChI is InChI=1S/C18H19NO2S/c1-14-16(13-22(2)21)9-6-10-17(14)19-18(20)12-11-15-7-4-3-5-8-15/h3-12H,13H2,1-2H3,(H,19,20)/b12-11-/t22-/m1/s1. The summed E-state index contributed by atoms with van der Waals surface area (Å²) in [5, 5.41) is 2.87. The SMILES string of the molecule is Cc1c(C[S@@](C)=O)cccc1NC(=O)/C=C\c1ccccc1. The largest absolute Gasteiger partial charge is 0.322 e. The second kappa shape index (κ2) is 7.71. The lowest BCUT2D eigenvalue weighted by molar-refractivity contribution is -0.111. The summed E-state index contributed by atoms with van der Waals surface area (Å²) in [6, 6.07) is 15.3. The van der Waals surface area contributed by atoms with Crippen molar-refractivity contribution >= 4 is 28.5 Å². The van der Waals surface area contributed by atoms with Crippen LogP contribution in [0.1, 0.15) is 16.7 Å². The summed E-state index contributed by atoms with van der Waals surface area (Å²) in [5.41, 5.74) is 3.68. The highest BCUT2D eigenvalue weighted by Crippen LogP contribution is 2.20. The van der Waals surface area contributed by atoms with E-state index in [4.69, 9.17) is 0 Å². The lowest BCUT2D eigenvalue weighted by Gasteiger charge is -2.10. The van der Waals surface area contributed by atoms with Gasteiger partial charge in [-0.05, 0) is 35.8 Å². The van der Waals surface area contributed by atoms with Gasteiger partial charge in [0.25, 0.3) is 0 Å². The van der Waals surface area contributed by atoms with E-state index in [1.165, 1.54) is 6.08 Å². The number of amides is 1. The number of rotatable bonds is 5. The number of benzene rings is 2. The molecule has 4 heteroatoms. The first-order chi connectivity index (χ1) is 10.6. The van der Waals surface area contributed by atoms with Crippen molar-refractivity contribution in [1.82, 2.24) is 0 Å². The molecule has 0 radical (unpaired) electrons. The predicted octanol–water partition coefficient (Wildman–Crippen LogP) is 3.53. The Labute approximate surface area is 133 Å². The molecule has 0 aromatic heterocycles. The topological polar surface area (TPSA) is 46.2 Å². The molecule has 2 rings (SSSR count). The predicted molar refractivity (Wildman–Crippen MR) is 93.1 cm³/mol. The van der Waals surface area contributed by atoms with E-state index < -0.39 is 10.8 Å². The van der Waals surface area contributed by atoms with E-state index in [0.717, 1.165) is 22.4 Å². The third-order valence-electron chi connectivity index (χ3n) is 3.29. The van der Waals surface area contributed by atoms with Crippen LogP contribution in [0, 0.1) is 6.92 Å². The Morgan fingerprint density at radius 3 is 2.55 bits per heavy atom. The monoisotopic (exact) mass is 313 g/mol. The van der Waals surface area contributed by atoms with Gasteiger partial charge in [0.05, 0.1) is 0 Å². The molecular formula is C18H19NO2S. The quantitative estimate of drug-likeness (QED) is 0.858. The fourth-order valence-electron chi connectivity index (χ4n) is 2.10. The Morgan fingerprint density at radius 2 is 1.86 bits per heavy atom. The molecule has 0 aliphatic carbocycles. The minimum atomic E-state index is -0.903. The van der Waals surface area contributed by atoms with Gasteiger partial charge in [0, 0.05) is 34.6 Å². The number of nitrogens with one attached hydrogen (secondary N) is 1. The first-order valence-electron chi connectivity index (χ1n) is 6.99. The Hall–Kier alpha value is -2.20. The Balaban J connectivity index is 2.09. The molecule has 0 unspecified atom stereocenters. The number of hydrogen-bond donors (Lipinski definition) is 1. The first kappa shape index (κ1) is 16.2. The van der Waals surface area contributed by atoms with E-state index in [0.29, 0.717) is 5.75 Å². The molecule has 22 heavy (non-hydrogen) atoms. The lowest BCUT2D eigenvalue weighted by atomic mass is 10.1. The van der Waals surface area contributed by atoms with Gasteiger partial charge in [-0.15, -0.1) is 0 Å². The van der Waals surface area contributed by atoms with E-state index in [1.54, 1.807) is 12.3 Å². The van der Waals surface area contributed by atoms with Crippen molar-refractivity contribution in [2.45, 2.75) is 12.7 Å². The highest BCUT2D eigenvalue weighted by molar-refractivity contribution is 7.83. The van der Waals surface area contributed by atoms with Gasteiger partial charge in [-0.1, -0.05) is 42.5 Å². The van der Waals surface area contributed by atoms with Gasteiger partial charge >= 0.3 is 0 Å². The van der Waals surface area contributed by atoms with Crippen LogP contribution in [0.4, 0.5) is 5.69 Å². The van der Waals surface area contributed by atoms with Crippen LogP contribution in [0.25, 0.3) is 6.08 Å². The van der Waals surface area contributed by atoms with Gasteiger partial charge in [0.1, 0.15) is 0 Å². The molecule has 3 nitrogen and oxygen atoms in total. The number of carbonyl (C=O) groups excluding carboxylic acids is 1. The second-order valence-corrected chi connectivity index (χ2v) is 6.48. The van der Waals surface area contributed by atoms with Crippen LogP contribution in [0.2, 0.25) is 0 Å². The maximum absolute atomic E-state index is 12.0. The fourth-order valence-corrected chi connectivity index (χ4v) is 2.86. The molecule has 0 saturated carbocycles. The molecule has 0 spiro atoms. The summed E-state index contributed by atoms with van der Waals surface area (Å²) in [6.07, 6.45) is 4.96. The van der Waals surface area contributed by atoms with Crippen molar-refractivity contribution in [1.29, 1.82) is 0 Å². The minimum Gasteiger partial charge on any atom is -0.322 e. The third-order valence-corrected chi connectivity index (χ3v) is 4.01. The lowest BCUT2D eigenvalue weighted by Crippen LogP contribution is -2.10. The third kappa shape index (κ3) is 4.67. The average molecular weight is 313 g/mol. The van der Waals surface area contributed by atoms with E-state index in [-0.39, 0.29) is 5.91 Å². The second-order valence-electron chi connectivity index (χ2n) is 5.04. The van der Waals surface area contributed by atoms with Crippen LogP contribution in [0.3, 0.4) is 0 Å².